The quantitative estimate of drug-likeness (QED) is 0.344. The van der Waals surface area contributed by atoms with Crippen molar-refractivity contribution in [2.24, 2.45) is 17.8 Å². The van der Waals surface area contributed by atoms with E-state index in [2.05, 4.69) is 29.3 Å². The Morgan fingerprint density at radius 2 is 1.73 bits per heavy atom. The van der Waals surface area contributed by atoms with Gasteiger partial charge in [-0.25, -0.2) is 4.98 Å². The van der Waals surface area contributed by atoms with Crippen molar-refractivity contribution in [1.82, 2.24) is 9.88 Å². The van der Waals surface area contributed by atoms with Crippen molar-refractivity contribution in [3.05, 3.63) is 64.0 Å². The predicted molar refractivity (Wildman–Crippen MR) is 162 cm³/mol. The van der Waals surface area contributed by atoms with Crippen molar-refractivity contribution in [3.8, 4) is 17.0 Å². The van der Waals surface area contributed by atoms with Gasteiger partial charge in [0.25, 0.3) is 5.91 Å². The van der Waals surface area contributed by atoms with E-state index in [0.29, 0.717) is 6.61 Å². The molecular formula is C33H39N3O4S. The van der Waals surface area contributed by atoms with Gasteiger partial charge in [-0.3, -0.25) is 9.59 Å². The number of likely N-dealkylation sites (tertiary alicyclic amines) is 1. The van der Waals surface area contributed by atoms with Gasteiger partial charge in [-0.2, -0.15) is 0 Å². The molecule has 2 unspecified atom stereocenters. The van der Waals surface area contributed by atoms with Crippen LogP contribution in [0, 0.1) is 31.6 Å². The van der Waals surface area contributed by atoms with Gasteiger partial charge in [0.05, 0.1) is 11.6 Å². The van der Waals surface area contributed by atoms with Gasteiger partial charge in [0.1, 0.15) is 12.4 Å². The molecule has 41 heavy (non-hydrogen) atoms. The molecule has 2 aromatic carbocycles. The van der Waals surface area contributed by atoms with Crippen LogP contribution in [0.3, 0.4) is 0 Å². The fourth-order valence-electron chi connectivity index (χ4n) is 6.89. The van der Waals surface area contributed by atoms with Gasteiger partial charge in [-0.1, -0.05) is 30.5 Å². The molecule has 2 saturated heterocycles. The molecule has 1 amide bonds. The molecule has 3 aromatic rings. The van der Waals surface area contributed by atoms with Gasteiger partial charge in [-0.15, -0.1) is 11.3 Å². The lowest BCUT2D eigenvalue weighted by Crippen LogP contribution is -2.44. The highest BCUT2D eigenvalue weighted by Gasteiger charge is 2.46. The van der Waals surface area contributed by atoms with Crippen LogP contribution in [0.2, 0.25) is 0 Å². The van der Waals surface area contributed by atoms with E-state index in [1.54, 1.807) is 11.3 Å². The summed E-state index contributed by atoms with van der Waals surface area (Å²) in [5.41, 5.74) is 5.83. The number of thiazole rings is 1. The summed E-state index contributed by atoms with van der Waals surface area (Å²) in [5, 5.41) is 12.7. The van der Waals surface area contributed by atoms with Crippen molar-refractivity contribution in [3.63, 3.8) is 0 Å². The van der Waals surface area contributed by atoms with Crippen LogP contribution in [-0.2, 0) is 11.4 Å². The third-order valence-electron chi connectivity index (χ3n) is 9.16. The predicted octanol–water partition coefficient (Wildman–Crippen LogP) is 6.57. The first-order valence-corrected chi connectivity index (χ1v) is 15.8. The number of carbonyl (C=O) groups excluding carboxylic acids is 1. The second kappa shape index (κ2) is 11.8. The number of hydrogen-bond acceptors (Lipinski definition) is 6. The standard InChI is InChI=1S/C33H39N3O4S/c1-21-7-12-29(40-19-26-11-8-23(16-22(26)2)31(37)35-13-5-3-4-6-14-35)27(15-21)28-20-41-33(34-28)36-17-24-9-10-25(18-36)30(24)32(38)39/h7-8,11-12,15-16,20,24-25,30H,3-6,9-10,13-14,17-19H2,1-2H3,(H,38,39). The molecule has 0 spiro atoms. The molecule has 2 bridgehead atoms. The first-order valence-electron chi connectivity index (χ1n) is 14.9. The maximum absolute atomic E-state index is 13.1. The molecule has 3 aliphatic rings. The van der Waals surface area contributed by atoms with Gasteiger partial charge in [-0.05, 0) is 86.8 Å². The van der Waals surface area contributed by atoms with E-state index in [0.717, 1.165) is 96.3 Å². The molecule has 7 nitrogen and oxygen atoms in total. The summed E-state index contributed by atoms with van der Waals surface area (Å²) in [5.74, 6) is 0.445. The third-order valence-corrected chi connectivity index (χ3v) is 10.1. The number of aromatic nitrogens is 1. The van der Waals surface area contributed by atoms with Crippen LogP contribution in [0.4, 0.5) is 5.13 Å². The van der Waals surface area contributed by atoms with E-state index < -0.39 is 5.97 Å². The second-order valence-electron chi connectivity index (χ2n) is 12.0. The normalized spacial score (nSPS) is 22.4. The number of fused-ring (bicyclic) bond motifs is 2. The van der Waals surface area contributed by atoms with Crippen LogP contribution in [0.25, 0.3) is 11.3 Å². The smallest absolute Gasteiger partial charge is 0.307 e. The number of carboxylic acid groups (broad SMARTS) is 1. The number of benzene rings is 2. The van der Waals surface area contributed by atoms with Crippen LogP contribution < -0.4 is 9.64 Å². The van der Waals surface area contributed by atoms with Gasteiger partial charge >= 0.3 is 5.97 Å². The Kier molecular flexibility index (Phi) is 8.02. The third kappa shape index (κ3) is 5.85. The number of aryl methyl sites for hydroxylation is 2. The lowest BCUT2D eigenvalue weighted by atomic mass is 9.85. The average Bonchev–Trinajstić information content (AvgIpc) is 3.44. The molecule has 1 aromatic heterocycles. The van der Waals surface area contributed by atoms with Crippen LogP contribution in [0.5, 0.6) is 5.75 Å². The molecule has 0 radical (unpaired) electrons. The molecule has 8 heteroatoms. The molecule has 1 N–H and O–H groups in total. The summed E-state index contributed by atoms with van der Waals surface area (Å²) in [7, 11) is 0. The van der Waals surface area contributed by atoms with Gasteiger partial charge < -0.3 is 19.6 Å². The molecule has 3 fully saturated rings. The first-order chi connectivity index (χ1) is 19.9. The van der Waals surface area contributed by atoms with E-state index in [1.807, 2.05) is 36.1 Å². The maximum Gasteiger partial charge on any atom is 0.307 e. The number of hydrogen-bond donors (Lipinski definition) is 1. The summed E-state index contributed by atoms with van der Waals surface area (Å²) in [6, 6.07) is 12.1. The van der Waals surface area contributed by atoms with Crippen LogP contribution in [0.1, 0.15) is 65.6 Å². The van der Waals surface area contributed by atoms with Crippen molar-refractivity contribution in [1.29, 1.82) is 0 Å². The van der Waals surface area contributed by atoms with Crippen molar-refractivity contribution in [2.45, 2.75) is 59.0 Å². The molecular weight excluding hydrogens is 534 g/mol. The Labute approximate surface area is 246 Å². The number of carboxylic acids is 1. The Morgan fingerprint density at radius 3 is 2.41 bits per heavy atom. The van der Waals surface area contributed by atoms with Gasteiger partial charge in [0, 0.05) is 42.7 Å². The summed E-state index contributed by atoms with van der Waals surface area (Å²) in [6.45, 7) is 7.72. The highest BCUT2D eigenvalue weighted by Crippen LogP contribution is 2.44. The Bertz CT molecular complexity index is 1410. The SMILES string of the molecule is Cc1ccc(OCc2ccc(C(=O)N3CCCCCC3)cc2C)c(-c2csc(N3CC4CCC(C3)C4C(=O)O)n2)c1. The number of nitrogens with zero attached hydrogens (tertiary/aromatic N) is 3. The van der Waals surface area contributed by atoms with Gasteiger partial charge in [0.15, 0.2) is 5.13 Å². The first kappa shape index (κ1) is 27.8. The van der Waals surface area contributed by atoms with E-state index in [-0.39, 0.29) is 23.7 Å². The Morgan fingerprint density at radius 1 is 1.00 bits per heavy atom. The monoisotopic (exact) mass is 573 g/mol. The summed E-state index contributed by atoms with van der Waals surface area (Å²) in [4.78, 5) is 34.1. The minimum Gasteiger partial charge on any atom is -0.488 e. The van der Waals surface area contributed by atoms with Crippen LogP contribution >= 0.6 is 11.3 Å². The number of ether oxygens (including phenoxy) is 1. The molecule has 2 atom stereocenters. The Balaban J connectivity index is 1.15. The number of amides is 1. The molecule has 2 aliphatic heterocycles. The van der Waals surface area contributed by atoms with E-state index >= 15 is 0 Å². The zero-order chi connectivity index (χ0) is 28.5. The van der Waals surface area contributed by atoms with E-state index in [9.17, 15) is 14.7 Å². The zero-order valence-electron chi connectivity index (χ0n) is 24.0. The highest BCUT2D eigenvalue weighted by molar-refractivity contribution is 7.14. The topological polar surface area (TPSA) is 83.0 Å². The fourth-order valence-corrected chi connectivity index (χ4v) is 7.73. The minimum atomic E-state index is -0.646. The van der Waals surface area contributed by atoms with Crippen LogP contribution in [0.15, 0.2) is 41.8 Å². The van der Waals surface area contributed by atoms with Crippen molar-refractivity contribution in [2.75, 3.05) is 31.1 Å². The van der Waals surface area contributed by atoms with E-state index in [1.165, 1.54) is 12.8 Å². The zero-order valence-corrected chi connectivity index (χ0v) is 24.8. The molecule has 1 aliphatic carbocycles. The van der Waals surface area contributed by atoms with Crippen molar-refractivity contribution >= 4 is 28.3 Å². The Hall–Kier alpha value is -3.39. The maximum atomic E-state index is 13.1. The molecule has 1 saturated carbocycles. The summed E-state index contributed by atoms with van der Waals surface area (Å²) >= 11 is 1.62. The number of piperidine rings is 1. The fraction of sp³-hybridized carbons (Fsp3) is 0.485. The highest BCUT2D eigenvalue weighted by atomic mass is 32.1. The number of carbonyl (C=O) groups is 2. The second-order valence-corrected chi connectivity index (χ2v) is 12.9. The van der Waals surface area contributed by atoms with Crippen LogP contribution in [-0.4, -0.2) is 53.0 Å². The molecule has 216 valence electrons. The summed E-state index contributed by atoms with van der Waals surface area (Å²) in [6.07, 6.45) is 6.54. The minimum absolute atomic E-state index is 0.128. The number of rotatable bonds is 7. The number of anilines is 1. The largest absolute Gasteiger partial charge is 0.488 e. The lowest BCUT2D eigenvalue weighted by molar-refractivity contribution is -0.144. The average molecular weight is 574 g/mol. The van der Waals surface area contributed by atoms with E-state index in [4.69, 9.17) is 9.72 Å². The van der Waals surface area contributed by atoms with Crippen molar-refractivity contribution < 1.29 is 19.4 Å². The lowest BCUT2D eigenvalue weighted by Gasteiger charge is -2.35. The molecule has 6 rings (SSSR count). The van der Waals surface area contributed by atoms with Gasteiger partial charge in [0.2, 0.25) is 0 Å². The molecule has 3 heterocycles. The summed E-state index contributed by atoms with van der Waals surface area (Å²) < 4.78 is 6.38. The number of aliphatic carboxylic acids is 1.